The first kappa shape index (κ1) is 22.7. The van der Waals surface area contributed by atoms with Gasteiger partial charge in [-0.1, -0.05) is 0 Å². The van der Waals surface area contributed by atoms with E-state index in [1.165, 1.54) is 12.8 Å². The Morgan fingerprint density at radius 1 is 0.773 bits per heavy atom. The zero-order chi connectivity index (χ0) is 15.1. The Bertz CT molecular complexity index is 520. The molecule has 0 amide bonds. The van der Waals surface area contributed by atoms with Crippen LogP contribution in [0.2, 0.25) is 39.3 Å². The van der Waals surface area contributed by atoms with Crippen LogP contribution in [-0.4, -0.2) is 20.4 Å². The molecular formula is C17H30Cl2Si2Zr. The van der Waals surface area contributed by atoms with Gasteiger partial charge in [-0.3, -0.25) is 0 Å². The number of rotatable bonds is 4. The fourth-order valence-corrected chi connectivity index (χ4v) is 10.4. The standard InChI is InChI=1S/2C8H13Si.CH2.2ClH.Zr/c2*1-9(2,3)8-6-4-5-7-8;;;;/h2*6-7H,4H2,1-3H3;1H2;2*1H;. The van der Waals surface area contributed by atoms with Gasteiger partial charge >= 0.3 is 135 Å². The minimum absolute atomic E-state index is 0. The van der Waals surface area contributed by atoms with Gasteiger partial charge in [-0.25, -0.2) is 0 Å². The van der Waals surface area contributed by atoms with Crippen molar-refractivity contribution >= 4 is 45.2 Å². The molecule has 0 heterocycles. The molecule has 0 aromatic rings. The van der Waals surface area contributed by atoms with Crippen LogP contribution in [0.5, 0.6) is 0 Å². The molecule has 0 fully saturated rings. The second kappa shape index (κ2) is 8.21. The average molecular weight is 453 g/mol. The Balaban J connectivity index is 0.00000220. The van der Waals surface area contributed by atoms with E-state index in [1.807, 2.05) is 0 Å². The van der Waals surface area contributed by atoms with Crippen molar-refractivity contribution in [2.45, 2.75) is 52.1 Å². The molecule has 0 unspecified atom stereocenters. The third-order valence-corrected chi connectivity index (χ3v) is 13.9. The Kier molecular flexibility index (Phi) is 8.48. The molecule has 2 rings (SSSR count). The van der Waals surface area contributed by atoms with Crippen molar-refractivity contribution in [3.63, 3.8) is 0 Å². The van der Waals surface area contributed by atoms with Crippen LogP contribution in [0.4, 0.5) is 0 Å². The van der Waals surface area contributed by atoms with Gasteiger partial charge in [0.05, 0.1) is 0 Å². The summed E-state index contributed by atoms with van der Waals surface area (Å²) in [6.45, 7) is 14.7. The van der Waals surface area contributed by atoms with Gasteiger partial charge < -0.3 is 0 Å². The molecule has 0 saturated heterocycles. The van der Waals surface area contributed by atoms with Crippen molar-refractivity contribution < 1.29 is 21.3 Å². The predicted octanol–water partition coefficient (Wildman–Crippen LogP) is 6.06. The molecule has 22 heavy (non-hydrogen) atoms. The van der Waals surface area contributed by atoms with E-state index in [-0.39, 0.29) is 24.8 Å². The van der Waals surface area contributed by atoms with Crippen LogP contribution in [-0.2, 0) is 21.3 Å². The molecule has 0 saturated carbocycles. The maximum atomic E-state index is 4.66. The van der Waals surface area contributed by atoms with E-state index in [1.54, 1.807) is 17.0 Å². The van der Waals surface area contributed by atoms with Crippen LogP contribution in [0.25, 0.3) is 0 Å². The first-order valence-electron chi connectivity index (χ1n) is 7.61. The fourth-order valence-electron chi connectivity index (χ4n) is 2.72. The Morgan fingerprint density at radius 3 is 1.32 bits per heavy atom. The molecule has 2 aliphatic carbocycles. The van der Waals surface area contributed by atoms with Gasteiger partial charge in [-0.05, 0) is 0 Å². The SMILES string of the molecule is Cl.Cl.[CH2]=[Zr]([C]1=CC([Si](C)(C)C)=CC1)[C]1=CC([Si](C)(C)C)=CC1. The van der Waals surface area contributed by atoms with Gasteiger partial charge in [0.1, 0.15) is 0 Å². The fraction of sp³-hybridized carbons (Fsp3) is 0.471. The van der Waals surface area contributed by atoms with Crippen molar-refractivity contribution in [3.05, 3.63) is 41.3 Å². The van der Waals surface area contributed by atoms with Crippen molar-refractivity contribution in [2.24, 2.45) is 0 Å². The molecule has 0 bridgehead atoms. The summed E-state index contributed by atoms with van der Waals surface area (Å²) in [5, 5.41) is 3.32. The second-order valence-corrected chi connectivity index (χ2v) is 23.7. The van der Waals surface area contributed by atoms with Crippen molar-refractivity contribution in [1.82, 2.24) is 0 Å². The molecule has 0 radical (unpaired) electrons. The molecule has 0 aliphatic heterocycles. The van der Waals surface area contributed by atoms with Crippen molar-refractivity contribution in [3.8, 4) is 0 Å². The van der Waals surface area contributed by atoms with E-state index in [4.69, 9.17) is 0 Å². The van der Waals surface area contributed by atoms with Gasteiger partial charge in [-0.15, -0.1) is 24.8 Å². The third kappa shape index (κ3) is 5.38. The van der Waals surface area contributed by atoms with Crippen LogP contribution in [0.1, 0.15) is 12.8 Å². The topological polar surface area (TPSA) is 0 Å². The van der Waals surface area contributed by atoms with Gasteiger partial charge in [0.25, 0.3) is 0 Å². The normalized spacial score (nSPS) is 17.7. The van der Waals surface area contributed by atoms with E-state index in [9.17, 15) is 0 Å². The van der Waals surface area contributed by atoms with E-state index >= 15 is 0 Å². The Morgan fingerprint density at radius 2 is 1.09 bits per heavy atom. The van der Waals surface area contributed by atoms with E-state index in [0.717, 1.165) is 0 Å². The molecule has 2 aliphatic rings. The molecule has 0 aromatic carbocycles. The van der Waals surface area contributed by atoms with Crippen molar-refractivity contribution in [2.75, 3.05) is 0 Å². The second-order valence-electron chi connectivity index (χ2n) is 8.04. The molecule has 5 heteroatoms. The Labute approximate surface area is 158 Å². The minimum atomic E-state index is -1.74. The molecule has 0 aromatic heterocycles. The summed E-state index contributed by atoms with van der Waals surface area (Å²) in [5.41, 5.74) is 0. The Hall–Kier alpha value is 0.727. The number of allylic oxidation sites excluding steroid dienone is 8. The number of halogens is 2. The van der Waals surface area contributed by atoms with Gasteiger partial charge in [0, 0.05) is 0 Å². The van der Waals surface area contributed by atoms with E-state index in [0.29, 0.717) is 0 Å². The average Bonchev–Trinajstić information content (AvgIpc) is 2.96. The van der Waals surface area contributed by atoms with Crippen LogP contribution in [0.3, 0.4) is 0 Å². The first-order valence-corrected chi connectivity index (χ1v) is 18.8. The molecule has 0 atom stereocenters. The number of hydrogen-bond donors (Lipinski definition) is 0. The summed E-state index contributed by atoms with van der Waals surface area (Å²) >= 11 is -1.74. The maximum absolute atomic E-state index is 4.66. The summed E-state index contributed by atoms with van der Waals surface area (Å²) in [4.78, 5) is 0. The summed E-state index contributed by atoms with van der Waals surface area (Å²) in [6.07, 6.45) is 12.5. The van der Waals surface area contributed by atoms with Crippen LogP contribution in [0.15, 0.2) is 41.3 Å². The summed E-state index contributed by atoms with van der Waals surface area (Å²) in [7, 11) is -2.26. The van der Waals surface area contributed by atoms with Crippen molar-refractivity contribution in [1.29, 1.82) is 0 Å². The number of hydrogen-bond acceptors (Lipinski definition) is 0. The monoisotopic (exact) mass is 450 g/mol. The van der Waals surface area contributed by atoms with Gasteiger partial charge in [-0.2, -0.15) is 0 Å². The van der Waals surface area contributed by atoms with Gasteiger partial charge in [0.2, 0.25) is 0 Å². The molecular weight excluding hydrogens is 422 g/mol. The van der Waals surface area contributed by atoms with E-state index < -0.39 is 37.4 Å². The molecule has 124 valence electrons. The van der Waals surface area contributed by atoms with Crippen LogP contribution >= 0.6 is 24.8 Å². The van der Waals surface area contributed by atoms with Crippen LogP contribution < -0.4 is 0 Å². The summed E-state index contributed by atoms with van der Waals surface area (Å²) in [5.74, 6) is 0. The van der Waals surface area contributed by atoms with Crippen LogP contribution in [0, 0.1) is 0 Å². The molecule has 0 spiro atoms. The third-order valence-electron chi connectivity index (χ3n) is 4.25. The zero-order valence-electron chi connectivity index (χ0n) is 14.7. The molecule has 0 N–H and O–H groups in total. The molecule has 0 nitrogen and oxygen atoms in total. The summed E-state index contributed by atoms with van der Waals surface area (Å²) in [6, 6.07) is 0. The van der Waals surface area contributed by atoms with E-state index in [2.05, 4.69) is 67.8 Å². The summed E-state index contributed by atoms with van der Waals surface area (Å²) < 4.78 is 8.11. The first-order chi connectivity index (χ1) is 9.09. The quantitative estimate of drug-likeness (QED) is 0.455. The predicted molar refractivity (Wildman–Crippen MR) is 110 cm³/mol. The van der Waals surface area contributed by atoms with Gasteiger partial charge in [0.15, 0.2) is 0 Å². The zero-order valence-corrected chi connectivity index (χ0v) is 20.8.